The summed E-state index contributed by atoms with van der Waals surface area (Å²) < 4.78 is 42.0. The summed E-state index contributed by atoms with van der Waals surface area (Å²) in [6, 6.07) is 10.4. The van der Waals surface area contributed by atoms with Gasteiger partial charge in [0.1, 0.15) is 5.82 Å². The number of nitrogens with zero attached hydrogens (tertiary/aromatic N) is 3. The van der Waals surface area contributed by atoms with E-state index in [-0.39, 0.29) is 35.8 Å². The smallest absolute Gasteiger partial charge is 0.395 e. The Kier molecular flexibility index (Phi) is 9.39. The van der Waals surface area contributed by atoms with Gasteiger partial charge >= 0.3 is 6.18 Å². The summed E-state index contributed by atoms with van der Waals surface area (Å²) in [7, 11) is 0. The molecular weight excluding hydrogens is 533 g/mol. The molecule has 0 unspecified atom stereocenters. The molecule has 0 atom stereocenters. The highest BCUT2D eigenvalue weighted by atomic mass is 19.4. The van der Waals surface area contributed by atoms with Gasteiger partial charge in [0.25, 0.3) is 5.91 Å². The fourth-order valence-electron chi connectivity index (χ4n) is 4.53. The van der Waals surface area contributed by atoms with Gasteiger partial charge in [0.05, 0.1) is 12.2 Å². The quantitative estimate of drug-likeness (QED) is 0.257. The van der Waals surface area contributed by atoms with Crippen LogP contribution in [0.2, 0.25) is 0 Å². The summed E-state index contributed by atoms with van der Waals surface area (Å²) in [6.45, 7) is 5.15. The number of amides is 1. The SMILES string of the molecule is Cc1ccc(C(=O)Nc2ccc(CN3CCN(CCO)CC3)c(C(F)(F)F)c2)cc1C#Cc1cnc(N)c(C=N)c1. The van der Waals surface area contributed by atoms with Crippen LogP contribution < -0.4 is 11.1 Å². The Morgan fingerprint density at radius 3 is 2.54 bits per heavy atom. The first-order valence-electron chi connectivity index (χ1n) is 13.0. The van der Waals surface area contributed by atoms with Crippen LogP contribution in [0.4, 0.5) is 24.7 Å². The van der Waals surface area contributed by atoms with Gasteiger partial charge in [0.15, 0.2) is 0 Å². The monoisotopic (exact) mass is 564 g/mol. The van der Waals surface area contributed by atoms with Crippen LogP contribution >= 0.6 is 0 Å². The maximum absolute atomic E-state index is 14.0. The Bertz CT molecular complexity index is 1490. The number of alkyl halides is 3. The first-order valence-corrected chi connectivity index (χ1v) is 13.0. The van der Waals surface area contributed by atoms with Crippen LogP contribution in [0.1, 0.15) is 43.7 Å². The Balaban J connectivity index is 1.50. The van der Waals surface area contributed by atoms with Crippen molar-refractivity contribution in [3.63, 3.8) is 0 Å². The first-order chi connectivity index (χ1) is 19.6. The van der Waals surface area contributed by atoms with Crippen molar-refractivity contribution in [2.24, 2.45) is 0 Å². The van der Waals surface area contributed by atoms with E-state index in [0.29, 0.717) is 49.4 Å². The summed E-state index contributed by atoms with van der Waals surface area (Å²) in [5, 5.41) is 19.1. The van der Waals surface area contributed by atoms with Crippen molar-refractivity contribution in [3.05, 3.63) is 87.6 Å². The number of carbonyl (C=O) groups is 1. The van der Waals surface area contributed by atoms with Gasteiger partial charge in [-0.15, -0.1) is 0 Å². The molecule has 2 aromatic carbocycles. The molecule has 1 fully saturated rings. The van der Waals surface area contributed by atoms with Gasteiger partial charge in [-0.25, -0.2) is 4.98 Å². The molecule has 0 radical (unpaired) electrons. The summed E-state index contributed by atoms with van der Waals surface area (Å²) in [6.07, 6.45) is -2.02. The van der Waals surface area contributed by atoms with E-state index in [0.717, 1.165) is 17.8 Å². The van der Waals surface area contributed by atoms with E-state index < -0.39 is 17.6 Å². The second-order valence-electron chi connectivity index (χ2n) is 9.79. The van der Waals surface area contributed by atoms with Crippen LogP contribution in [0, 0.1) is 24.2 Å². The molecule has 1 aliphatic heterocycles. The van der Waals surface area contributed by atoms with E-state index in [2.05, 4.69) is 27.0 Å². The van der Waals surface area contributed by atoms with Crippen LogP contribution in [0.3, 0.4) is 0 Å². The average molecular weight is 565 g/mol. The largest absolute Gasteiger partial charge is 0.416 e. The number of hydrogen-bond acceptors (Lipinski definition) is 7. The molecule has 3 aromatic rings. The van der Waals surface area contributed by atoms with E-state index in [4.69, 9.17) is 16.2 Å². The normalized spacial score (nSPS) is 14.3. The van der Waals surface area contributed by atoms with Crippen molar-refractivity contribution >= 4 is 23.6 Å². The Morgan fingerprint density at radius 1 is 1.12 bits per heavy atom. The lowest BCUT2D eigenvalue weighted by molar-refractivity contribution is -0.138. The highest BCUT2D eigenvalue weighted by Crippen LogP contribution is 2.34. The molecule has 11 heteroatoms. The third-order valence-electron chi connectivity index (χ3n) is 6.89. The van der Waals surface area contributed by atoms with Crippen LogP contribution in [-0.2, 0) is 12.7 Å². The third kappa shape index (κ3) is 7.70. The number of pyridine rings is 1. The summed E-state index contributed by atoms with van der Waals surface area (Å²) >= 11 is 0. The lowest BCUT2D eigenvalue weighted by Crippen LogP contribution is -2.46. The van der Waals surface area contributed by atoms with Crippen molar-refractivity contribution in [3.8, 4) is 11.8 Å². The van der Waals surface area contributed by atoms with Crippen molar-refractivity contribution < 1.29 is 23.1 Å². The minimum Gasteiger partial charge on any atom is -0.395 e. The Labute approximate surface area is 236 Å². The van der Waals surface area contributed by atoms with E-state index in [9.17, 15) is 18.0 Å². The van der Waals surface area contributed by atoms with E-state index in [1.807, 2.05) is 11.8 Å². The number of benzene rings is 2. The first kappa shape index (κ1) is 29.7. The maximum atomic E-state index is 14.0. The van der Waals surface area contributed by atoms with Crippen LogP contribution in [0.25, 0.3) is 0 Å². The van der Waals surface area contributed by atoms with Crippen molar-refractivity contribution in [1.82, 2.24) is 14.8 Å². The van der Waals surface area contributed by atoms with E-state index >= 15 is 0 Å². The number of anilines is 2. The van der Waals surface area contributed by atoms with Crippen LogP contribution in [0.5, 0.6) is 0 Å². The zero-order chi connectivity index (χ0) is 29.6. The highest BCUT2D eigenvalue weighted by molar-refractivity contribution is 6.04. The van der Waals surface area contributed by atoms with Gasteiger partial charge in [0, 0.05) is 79.6 Å². The zero-order valence-electron chi connectivity index (χ0n) is 22.6. The number of rotatable bonds is 7. The lowest BCUT2D eigenvalue weighted by atomic mass is 10.0. The molecule has 214 valence electrons. The summed E-state index contributed by atoms with van der Waals surface area (Å²) in [4.78, 5) is 21.0. The molecule has 2 heterocycles. The minimum atomic E-state index is -4.59. The fraction of sp³-hybridized carbons (Fsp3) is 0.300. The number of aryl methyl sites for hydroxylation is 1. The molecule has 1 aliphatic rings. The number of piperazine rings is 1. The topological polar surface area (TPSA) is 119 Å². The molecule has 0 bridgehead atoms. The standard InChI is InChI=1S/C30H31F3N6O2/c1-20-2-4-23(15-22(20)5-3-21-14-25(17-34)28(35)36-18-21)29(41)37-26-7-6-24(27(16-26)30(31,32)33)19-39-10-8-38(9-11-39)12-13-40/h2,4,6-7,14-18,34,40H,8-13,19H2,1H3,(H2,35,36)(H,37,41). The number of β-amino-alcohol motifs (C(OH)–C–C–N with tert-alkyl or cyclic N) is 1. The van der Waals surface area contributed by atoms with Crippen LogP contribution in [0.15, 0.2) is 48.7 Å². The van der Waals surface area contributed by atoms with Crippen molar-refractivity contribution in [2.75, 3.05) is 50.4 Å². The van der Waals surface area contributed by atoms with Crippen molar-refractivity contribution in [1.29, 1.82) is 5.41 Å². The van der Waals surface area contributed by atoms with Gasteiger partial charge in [-0.2, -0.15) is 13.2 Å². The van der Waals surface area contributed by atoms with Gasteiger partial charge in [0.2, 0.25) is 0 Å². The second kappa shape index (κ2) is 13.0. The molecule has 1 aromatic heterocycles. The number of hydrogen-bond donors (Lipinski definition) is 4. The summed E-state index contributed by atoms with van der Waals surface area (Å²) in [5.41, 5.74) is 7.71. The number of carbonyl (C=O) groups excluding carboxylic acids is 1. The highest BCUT2D eigenvalue weighted by Gasteiger charge is 2.34. The van der Waals surface area contributed by atoms with E-state index in [1.165, 1.54) is 18.3 Å². The van der Waals surface area contributed by atoms with Gasteiger partial charge < -0.3 is 21.6 Å². The molecule has 1 saturated heterocycles. The van der Waals surface area contributed by atoms with Gasteiger partial charge in [-0.3, -0.25) is 14.6 Å². The number of nitrogens with one attached hydrogen (secondary N) is 2. The second-order valence-corrected chi connectivity index (χ2v) is 9.79. The predicted molar refractivity (Wildman–Crippen MR) is 152 cm³/mol. The third-order valence-corrected chi connectivity index (χ3v) is 6.89. The maximum Gasteiger partial charge on any atom is 0.416 e. The average Bonchev–Trinajstić information content (AvgIpc) is 2.94. The summed E-state index contributed by atoms with van der Waals surface area (Å²) in [5.74, 6) is 5.60. The minimum absolute atomic E-state index is 0.0409. The Morgan fingerprint density at radius 2 is 1.85 bits per heavy atom. The van der Waals surface area contributed by atoms with Crippen molar-refractivity contribution in [2.45, 2.75) is 19.6 Å². The number of halogens is 3. The molecule has 0 saturated carbocycles. The van der Waals surface area contributed by atoms with Crippen LogP contribution in [-0.4, -0.2) is 71.3 Å². The molecular formula is C30H31F3N6O2. The molecule has 0 aliphatic carbocycles. The van der Waals surface area contributed by atoms with E-state index in [1.54, 1.807) is 24.3 Å². The molecule has 1 amide bonds. The predicted octanol–water partition coefficient (Wildman–Crippen LogP) is 3.75. The van der Waals surface area contributed by atoms with Gasteiger partial charge in [-0.1, -0.05) is 24.0 Å². The van der Waals surface area contributed by atoms with Gasteiger partial charge in [-0.05, 0) is 48.4 Å². The lowest BCUT2D eigenvalue weighted by Gasteiger charge is -2.34. The fourth-order valence-corrected chi connectivity index (χ4v) is 4.53. The molecule has 41 heavy (non-hydrogen) atoms. The number of nitrogen functional groups attached to an aromatic ring is 1. The number of nitrogens with two attached hydrogens (primary N) is 1. The number of aliphatic hydroxyl groups excluding tert-OH is 1. The zero-order valence-corrected chi connectivity index (χ0v) is 22.6. The molecule has 5 N–H and O–H groups in total. The molecule has 4 rings (SSSR count). The number of aromatic nitrogens is 1. The Hall–Kier alpha value is -4.24. The molecule has 8 nitrogen and oxygen atoms in total. The molecule has 0 spiro atoms. The number of aliphatic hydroxyl groups is 1.